The number of carbonyl (C=O) groups is 1. The first-order chi connectivity index (χ1) is 11.5. The van der Waals surface area contributed by atoms with Crippen LogP contribution in [0.1, 0.15) is 11.1 Å². The smallest absolute Gasteiger partial charge is 0.248 e. The summed E-state index contributed by atoms with van der Waals surface area (Å²) in [6.07, 6.45) is 5.52. The van der Waals surface area contributed by atoms with Gasteiger partial charge >= 0.3 is 0 Å². The summed E-state index contributed by atoms with van der Waals surface area (Å²) in [5.74, 6) is -0.423. The number of aryl methyl sites for hydroxylation is 1. The number of pyridine rings is 1. The van der Waals surface area contributed by atoms with Gasteiger partial charge in [-0.1, -0.05) is 23.2 Å². The summed E-state index contributed by atoms with van der Waals surface area (Å²) in [7, 11) is 0. The molecule has 0 atom stereocenters. The van der Waals surface area contributed by atoms with E-state index in [0.29, 0.717) is 22.2 Å². The van der Waals surface area contributed by atoms with Gasteiger partial charge in [-0.05, 0) is 37.3 Å². The van der Waals surface area contributed by atoms with Crippen LogP contribution in [0.25, 0.3) is 17.0 Å². The fourth-order valence-electron chi connectivity index (χ4n) is 2.19. The number of hydrogen-bond donors (Lipinski definition) is 1. The SMILES string of the molecule is Cc1ccc2occ(/C=C/C(=O)Nc3cccnc3Cl)c(=O)c2c1. The summed E-state index contributed by atoms with van der Waals surface area (Å²) in [6.45, 7) is 1.90. The third kappa shape index (κ3) is 3.36. The molecular formula is C18H13ClN2O3. The highest BCUT2D eigenvalue weighted by Crippen LogP contribution is 2.17. The first-order valence-corrected chi connectivity index (χ1v) is 7.54. The first kappa shape index (κ1) is 16.0. The van der Waals surface area contributed by atoms with Gasteiger partial charge in [0.05, 0.1) is 16.6 Å². The Morgan fingerprint density at radius 2 is 2.17 bits per heavy atom. The van der Waals surface area contributed by atoms with Crippen LogP contribution in [-0.2, 0) is 4.79 Å². The van der Waals surface area contributed by atoms with Gasteiger partial charge in [0.2, 0.25) is 5.91 Å². The van der Waals surface area contributed by atoms with Crippen LogP contribution in [0.3, 0.4) is 0 Å². The molecule has 0 unspecified atom stereocenters. The lowest BCUT2D eigenvalue weighted by Crippen LogP contribution is -2.10. The highest BCUT2D eigenvalue weighted by atomic mass is 35.5. The van der Waals surface area contributed by atoms with E-state index in [-0.39, 0.29) is 10.6 Å². The van der Waals surface area contributed by atoms with Crippen molar-refractivity contribution in [1.29, 1.82) is 0 Å². The van der Waals surface area contributed by atoms with E-state index in [0.717, 1.165) is 5.56 Å². The number of aromatic nitrogens is 1. The van der Waals surface area contributed by atoms with Gasteiger partial charge in [0.1, 0.15) is 11.8 Å². The molecule has 1 N–H and O–H groups in total. The van der Waals surface area contributed by atoms with Crippen molar-refractivity contribution in [2.75, 3.05) is 5.32 Å². The molecule has 6 heteroatoms. The summed E-state index contributed by atoms with van der Waals surface area (Å²) in [6, 6.07) is 8.66. The average molecular weight is 341 g/mol. The van der Waals surface area contributed by atoms with Crippen molar-refractivity contribution in [2.45, 2.75) is 6.92 Å². The molecule has 0 saturated carbocycles. The lowest BCUT2D eigenvalue weighted by Gasteiger charge is -2.03. The molecule has 120 valence electrons. The number of fused-ring (bicyclic) bond motifs is 1. The maximum absolute atomic E-state index is 12.4. The molecule has 1 aromatic carbocycles. The van der Waals surface area contributed by atoms with Crippen LogP contribution < -0.4 is 10.7 Å². The number of carbonyl (C=O) groups excluding carboxylic acids is 1. The Labute approximate surface area is 142 Å². The molecule has 0 spiro atoms. The number of nitrogens with zero attached hydrogens (tertiary/aromatic N) is 1. The molecule has 2 aromatic heterocycles. The van der Waals surface area contributed by atoms with E-state index in [1.54, 1.807) is 24.3 Å². The maximum atomic E-state index is 12.4. The molecule has 2 heterocycles. The minimum absolute atomic E-state index is 0.191. The van der Waals surface area contributed by atoms with E-state index < -0.39 is 5.91 Å². The van der Waals surface area contributed by atoms with Crippen molar-refractivity contribution in [3.8, 4) is 0 Å². The first-order valence-electron chi connectivity index (χ1n) is 7.16. The monoisotopic (exact) mass is 340 g/mol. The molecule has 0 aliphatic heterocycles. The summed E-state index contributed by atoms with van der Waals surface area (Å²) in [5, 5.41) is 3.27. The van der Waals surface area contributed by atoms with Crippen LogP contribution in [0.5, 0.6) is 0 Å². The van der Waals surface area contributed by atoms with Crippen molar-refractivity contribution in [3.05, 3.63) is 75.4 Å². The quantitative estimate of drug-likeness (QED) is 0.581. The number of anilines is 1. The number of benzene rings is 1. The fourth-order valence-corrected chi connectivity index (χ4v) is 2.36. The molecule has 0 saturated heterocycles. The molecule has 3 rings (SSSR count). The molecule has 24 heavy (non-hydrogen) atoms. The number of rotatable bonds is 3. The van der Waals surface area contributed by atoms with E-state index >= 15 is 0 Å². The summed E-state index contributed by atoms with van der Waals surface area (Å²) < 4.78 is 5.43. The predicted octanol–water partition coefficient (Wildman–Crippen LogP) is 3.80. The number of hydrogen-bond acceptors (Lipinski definition) is 4. The van der Waals surface area contributed by atoms with Crippen LogP contribution in [0.15, 0.2) is 58.1 Å². The van der Waals surface area contributed by atoms with Crippen LogP contribution in [-0.4, -0.2) is 10.9 Å². The highest BCUT2D eigenvalue weighted by Gasteiger charge is 2.06. The number of amides is 1. The lowest BCUT2D eigenvalue weighted by molar-refractivity contribution is -0.111. The zero-order valence-electron chi connectivity index (χ0n) is 12.7. The Bertz CT molecular complexity index is 1010. The van der Waals surface area contributed by atoms with Crippen molar-refractivity contribution in [1.82, 2.24) is 4.98 Å². The molecule has 5 nitrogen and oxygen atoms in total. The molecule has 3 aromatic rings. The molecule has 0 fully saturated rings. The van der Waals surface area contributed by atoms with Gasteiger partial charge in [0.25, 0.3) is 0 Å². The van der Waals surface area contributed by atoms with E-state index in [2.05, 4.69) is 10.3 Å². The lowest BCUT2D eigenvalue weighted by atomic mass is 10.1. The van der Waals surface area contributed by atoms with E-state index in [9.17, 15) is 9.59 Å². The van der Waals surface area contributed by atoms with Crippen molar-refractivity contribution in [3.63, 3.8) is 0 Å². The molecule has 1 amide bonds. The van der Waals surface area contributed by atoms with E-state index in [4.69, 9.17) is 16.0 Å². The van der Waals surface area contributed by atoms with Gasteiger partial charge in [-0.2, -0.15) is 0 Å². The number of halogens is 1. The van der Waals surface area contributed by atoms with Crippen LogP contribution in [0.4, 0.5) is 5.69 Å². The maximum Gasteiger partial charge on any atom is 0.248 e. The normalized spacial score (nSPS) is 11.1. The zero-order chi connectivity index (χ0) is 17.1. The Balaban J connectivity index is 1.85. The Morgan fingerprint density at radius 1 is 1.33 bits per heavy atom. The van der Waals surface area contributed by atoms with Gasteiger partial charge in [0.15, 0.2) is 10.6 Å². The van der Waals surface area contributed by atoms with Crippen molar-refractivity contribution in [2.24, 2.45) is 0 Å². The van der Waals surface area contributed by atoms with Gasteiger partial charge in [-0.3, -0.25) is 9.59 Å². The minimum Gasteiger partial charge on any atom is -0.463 e. The summed E-state index contributed by atoms with van der Waals surface area (Å²) >= 11 is 5.88. The molecular weight excluding hydrogens is 328 g/mol. The second-order valence-corrected chi connectivity index (χ2v) is 5.54. The topological polar surface area (TPSA) is 72.2 Å². The minimum atomic E-state index is -0.423. The largest absolute Gasteiger partial charge is 0.463 e. The van der Waals surface area contributed by atoms with E-state index in [1.165, 1.54) is 24.6 Å². The third-order valence-corrected chi connectivity index (χ3v) is 3.69. The average Bonchev–Trinajstić information content (AvgIpc) is 2.57. The predicted molar refractivity (Wildman–Crippen MR) is 94.1 cm³/mol. The second kappa shape index (κ2) is 6.68. The van der Waals surface area contributed by atoms with Gasteiger partial charge in [0, 0.05) is 12.3 Å². The third-order valence-electron chi connectivity index (χ3n) is 3.39. The zero-order valence-corrected chi connectivity index (χ0v) is 13.5. The Hall–Kier alpha value is -2.92. The summed E-state index contributed by atoms with van der Waals surface area (Å²) in [4.78, 5) is 28.3. The molecule has 0 aliphatic carbocycles. The molecule has 0 bridgehead atoms. The fraction of sp³-hybridized carbons (Fsp3) is 0.0556. The van der Waals surface area contributed by atoms with Crippen molar-refractivity contribution >= 4 is 40.2 Å². The van der Waals surface area contributed by atoms with E-state index in [1.807, 2.05) is 13.0 Å². The Morgan fingerprint density at radius 3 is 2.96 bits per heavy atom. The highest BCUT2D eigenvalue weighted by molar-refractivity contribution is 6.32. The standard InChI is InChI=1S/C18H13ClN2O3/c1-11-4-6-15-13(9-11)17(23)12(10-24-15)5-7-16(22)21-14-3-2-8-20-18(14)19/h2-10H,1H3,(H,21,22)/b7-5+. The molecule has 0 aliphatic rings. The summed E-state index contributed by atoms with van der Waals surface area (Å²) in [5.41, 5.74) is 1.97. The number of nitrogens with one attached hydrogen (secondary N) is 1. The van der Waals surface area contributed by atoms with Gasteiger partial charge in [-0.15, -0.1) is 0 Å². The van der Waals surface area contributed by atoms with Crippen LogP contribution in [0.2, 0.25) is 5.15 Å². The Kier molecular flexibility index (Phi) is 4.44. The van der Waals surface area contributed by atoms with Gasteiger partial charge < -0.3 is 9.73 Å². The second-order valence-electron chi connectivity index (χ2n) is 5.18. The van der Waals surface area contributed by atoms with Gasteiger partial charge in [-0.25, -0.2) is 4.98 Å². The van der Waals surface area contributed by atoms with Crippen LogP contribution >= 0.6 is 11.6 Å². The van der Waals surface area contributed by atoms with Crippen LogP contribution in [0, 0.1) is 6.92 Å². The molecule has 0 radical (unpaired) electrons. The van der Waals surface area contributed by atoms with Crippen molar-refractivity contribution < 1.29 is 9.21 Å².